The Labute approximate surface area is 198 Å². The first-order chi connectivity index (χ1) is 16.5. The van der Waals surface area contributed by atoms with Crippen LogP contribution in [0.15, 0.2) is 36.9 Å². The Hall–Kier alpha value is -3.69. The lowest BCUT2D eigenvalue weighted by atomic mass is 9.93. The molecule has 3 aliphatic rings. The molecule has 3 N–H and O–H groups in total. The maximum atomic E-state index is 11.9. The van der Waals surface area contributed by atoms with E-state index in [0.717, 1.165) is 56.6 Å². The molecule has 2 saturated carbocycles. The highest BCUT2D eigenvalue weighted by Crippen LogP contribution is 2.37. The van der Waals surface area contributed by atoms with Crippen LogP contribution in [0.4, 0.5) is 23.1 Å². The van der Waals surface area contributed by atoms with Crippen molar-refractivity contribution in [3.8, 4) is 0 Å². The summed E-state index contributed by atoms with van der Waals surface area (Å²) in [4.78, 5) is 34.6. The third-order valence-corrected chi connectivity index (χ3v) is 6.74. The molecular weight excluding hydrogens is 432 g/mol. The van der Waals surface area contributed by atoms with Crippen molar-refractivity contribution in [2.24, 2.45) is 5.73 Å². The fraction of sp³-hybridized carbons (Fsp3) is 0.458. The summed E-state index contributed by atoms with van der Waals surface area (Å²) in [6, 6.07) is 8.91. The fourth-order valence-corrected chi connectivity index (χ4v) is 4.39. The molecule has 3 fully saturated rings. The van der Waals surface area contributed by atoms with Gasteiger partial charge >= 0.3 is 0 Å². The van der Waals surface area contributed by atoms with E-state index in [1.807, 2.05) is 4.90 Å². The first-order valence-electron chi connectivity index (χ1n) is 11.9. The Kier molecular flexibility index (Phi) is 6.04. The van der Waals surface area contributed by atoms with Crippen LogP contribution in [0.2, 0.25) is 0 Å². The molecule has 1 aromatic carbocycles. The van der Waals surface area contributed by atoms with Crippen LogP contribution in [-0.4, -0.2) is 70.2 Å². The lowest BCUT2D eigenvalue weighted by Crippen LogP contribution is -2.48. The maximum absolute atomic E-state index is 11.9. The summed E-state index contributed by atoms with van der Waals surface area (Å²) < 4.78 is 0. The molecule has 0 bridgehead atoms. The van der Waals surface area contributed by atoms with Gasteiger partial charge in [-0.05, 0) is 62.4 Å². The number of nitrogens with one attached hydrogen (secondary N) is 1. The zero-order valence-electron chi connectivity index (χ0n) is 19.2. The van der Waals surface area contributed by atoms with Crippen molar-refractivity contribution < 1.29 is 9.59 Å². The van der Waals surface area contributed by atoms with Crippen LogP contribution in [0.5, 0.6) is 0 Å². The van der Waals surface area contributed by atoms with E-state index in [-0.39, 0.29) is 11.6 Å². The Bertz CT molecular complexity index is 1070. The molecule has 178 valence electrons. The van der Waals surface area contributed by atoms with E-state index in [2.05, 4.69) is 61.1 Å². The lowest BCUT2D eigenvalue weighted by Gasteiger charge is -2.36. The van der Waals surface area contributed by atoms with Gasteiger partial charge in [0.1, 0.15) is 0 Å². The molecule has 10 nitrogen and oxygen atoms in total. The molecule has 34 heavy (non-hydrogen) atoms. The minimum atomic E-state index is -0.634. The second-order valence-corrected chi connectivity index (χ2v) is 9.08. The molecular formula is C24H30N8O2. The smallest absolute Gasteiger partial charge is 0.273 e. The van der Waals surface area contributed by atoms with Gasteiger partial charge in [-0.25, -0.2) is 0 Å². The summed E-state index contributed by atoms with van der Waals surface area (Å²) in [6.07, 6.45) is 6.72. The number of piperazine rings is 1. The molecule has 1 saturated heterocycles. The summed E-state index contributed by atoms with van der Waals surface area (Å²) in [7, 11) is 0. The van der Waals surface area contributed by atoms with Crippen molar-refractivity contribution in [1.82, 2.24) is 20.1 Å². The molecule has 1 aromatic heterocycles. The number of anilines is 4. The third-order valence-electron chi connectivity index (χ3n) is 6.74. The molecule has 2 heterocycles. The van der Waals surface area contributed by atoms with Gasteiger partial charge in [0.2, 0.25) is 5.91 Å². The van der Waals surface area contributed by atoms with E-state index >= 15 is 0 Å². The van der Waals surface area contributed by atoms with Gasteiger partial charge in [0, 0.05) is 49.6 Å². The molecule has 0 spiro atoms. The highest BCUT2D eigenvalue weighted by atomic mass is 16.2. The highest BCUT2D eigenvalue weighted by Gasteiger charge is 2.34. The number of primary amides is 1. The minimum absolute atomic E-state index is 0.0165. The molecule has 1 aliphatic heterocycles. The largest absolute Gasteiger partial charge is 0.368 e. The summed E-state index contributed by atoms with van der Waals surface area (Å²) in [5.74, 6) is 0.234. The lowest BCUT2D eigenvalue weighted by molar-refractivity contribution is -0.126. The Morgan fingerprint density at radius 3 is 2.32 bits per heavy atom. The number of benzene rings is 1. The Morgan fingerprint density at radius 1 is 1.06 bits per heavy atom. The van der Waals surface area contributed by atoms with Crippen LogP contribution >= 0.6 is 0 Å². The van der Waals surface area contributed by atoms with Gasteiger partial charge in [-0.15, -0.1) is 10.2 Å². The second kappa shape index (κ2) is 9.28. The van der Waals surface area contributed by atoms with Gasteiger partial charge in [0.15, 0.2) is 11.5 Å². The van der Waals surface area contributed by atoms with Crippen molar-refractivity contribution in [1.29, 1.82) is 0 Å². The molecule has 0 atom stereocenters. The molecule has 2 amide bonds. The van der Waals surface area contributed by atoms with E-state index in [1.54, 1.807) is 0 Å². The van der Waals surface area contributed by atoms with Crippen LogP contribution in [0.3, 0.4) is 0 Å². The van der Waals surface area contributed by atoms with Crippen LogP contribution in [0.1, 0.15) is 42.6 Å². The Balaban J connectivity index is 1.35. The standard InChI is InChI=1S/C24H30N8O2/c1-2-20(33)31-14-12-30(13-15-31)17-6-8-18(9-7-17)32(19-10-11-19)24-27-23(26-16-4-3-5-16)21(22(25)34)28-29-24/h2,6-9,16,19H,1,3-5,10-15H2,(H2,25,34)(H,26,27,29). The van der Waals surface area contributed by atoms with E-state index in [4.69, 9.17) is 5.73 Å². The minimum Gasteiger partial charge on any atom is -0.368 e. The summed E-state index contributed by atoms with van der Waals surface area (Å²) in [5.41, 5.74) is 7.69. The highest BCUT2D eigenvalue weighted by molar-refractivity contribution is 5.95. The average molecular weight is 463 g/mol. The SMILES string of the molecule is C=CC(=O)N1CCN(c2ccc(N(c3nnc(C(N)=O)c(NC4CCC4)n3)C3CC3)cc2)CC1. The van der Waals surface area contributed by atoms with Crippen LogP contribution in [-0.2, 0) is 4.79 Å². The fourth-order valence-electron chi connectivity index (χ4n) is 4.39. The Morgan fingerprint density at radius 2 is 1.76 bits per heavy atom. The third kappa shape index (κ3) is 4.52. The van der Waals surface area contributed by atoms with E-state index in [9.17, 15) is 9.59 Å². The number of aromatic nitrogens is 3. The molecule has 2 aromatic rings. The molecule has 10 heteroatoms. The molecule has 0 radical (unpaired) electrons. The summed E-state index contributed by atoms with van der Waals surface area (Å²) in [6.45, 7) is 6.50. The van der Waals surface area contributed by atoms with Crippen molar-refractivity contribution in [2.75, 3.05) is 41.3 Å². The van der Waals surface area contributed by atoms with Crippen molar-refractivity contribution in [2.45, 2.75) is 44.2 Å². The molecule has 5 rings (SSSR count). The topological polar surface area (TPSA) is 121 Å². The monoisotopic (exact) mass is 462 g/mol. The van der Waals surface area contributed by atoms with Crippen LogP contribution < -0.4 is 20.9 Å². The maximum Gasteiger partial charge on any atom is 0.273 e. The predicted octanol–water partition coefficient (Wildman–Crippen LogP) is 2.07. The van der Waals surface area contributed by atoms with Gasteiger partial charge in [-0.3, -0.25) is 9.59 Å². The summed E-state index contributed by atoms with van der Waals surface area (Å²) in [5, 5.41) is 11.7. The van der Waals surface area contributed by atoms with Crippen LogP contribution in [0, 0.1) is 0 Å². The number of rotatable bonds is 8. The number of carbonyl (C=O) groups excluding carboxylic acids is 2. The number of carbonyl (C=O) groups is 2. The van der Waals surface area contributed by atoms with E-state index in [0.29, 0.717) is 36.9 Å². The predicted molar refractivity (Wildman–Crippen MR) is 130 cm³/mol. The number of amides is 2. The summed E-state index contributed by atoms with van der Waals surface area (Å²) >= 11 is 0. The van der Waals surface area contributed by atoms with E-state index in [1.165, 1.54) is 6.08 Å². The number of nitrogens with zero attached hydrogens (tertiary/aromatic N) is 6. The first-order valence-corrected chi connectivity index (χ1v) is 11.9. The normalized spacial score (nSPS) is 18.2. The number of hydrogen-bond donors (Lipinski definition) is 2. The zero-order valence-corrected chi connectivity index (χ0v) is 19.2. The van der Waals surface area contributed by atoms with Crippen LogP contribution in [0.25, 0.3) is 0 Å². The van der Waals surface area contributed by atoms with Crippen molar-refractivity contribution in [3.63, 3.8) is 0 Å². The molecule has 2 aliphatic carbocycles. The average Bonchev–Trinajstić information content (AvgIpc) is 3.67. The first kappa shape index (κ1) is 22.1. The van der Waals surface area contributed by atoms with Gasteiger partial charge in [0.05, 0.1) is 0 Å². The second-order valence-electron chi connectivity index (χ2n) is 9.08. The van der Waals surface area contributed by atoms with Crippen molar-refractivity contribution in [3.05, 3.63) is 42.6 Å². The van der Waals surface area contributed by atoms with Gasteiger partial charge < -0.3 is 25.8 Å². The quantitative estimate of drug-likeness (QED) is 0.572. The van der Waals surface area contributed by atoms with Gasteiger partial charge in [-0.1, -0.05) is 6.58 Å². The van der Waals surface area contributed by atoms with E-state index < -0.39 is 5.91 Å². The number of hydrogen-bond acceptors (Lipinski definition) is 8. The molecule has 0 unspecified atom stereocenters. The zero-order chi connectivity index (χ0) is 23.7. The van der Waals surface area contributed by atoms with Gasteiger partial charge in [0.25, 0.3) is 11.9 Å². The number of nitrogens with two attached hydrogens (primary N) is 1. The van der Waals surface area contributed by atoms with Crippen molar-refractivity contribution >= 4 is 35.0 Å². The van der Waals surface area contributed by atoms with Gasteiger partial charge in [-0.2, -0.15) is 4.98 Å².